The summed E-state index contributed by atoms with van der Waals surface area (Å²) in [6, 6.07) is 19.7. The van der Waals surface area contributed by atoms with E-state index in [0.717, 1.165) is 11.1 Å². The molecular formula is C18H23ClN2O2. The van der Waals surface area contributed by atoms with Crippen LogP contribution in [0, 0.1) is 0 Å². The Hall–Kier alpha value is -1.88. The summed E-state index contributed by atoms with van der Waals surface area (Å²) in [5, 5.41) is 3.07. The van der Waals surface area contributed by atoms with Crippen molar-refractivity contribution >= 4 is 18.3 Å². The molecule has 0 aliphatic rings. The quantitative estimate of drug-likeness (QED) is 0.818. The van der Waals surface area contributed by atoms with Gasteiger partial charge < -0.3 is 15.8 Å². The maximum Gasteiger partial charge on any atom is 0.223 e. The topological polar surface area (TPSA) is 64.3 Å². The number of nitrogens with two attached hydrogens (primary N) is 1. The molecule has 0 radical (unpaired) electrons. The monoisotopic (exact) mass is 334 g/mol. The van der Waals surface area contributed by atoms with Gasteiger partial charge in [0.2, 0.25) is 5.91 Å². The van der Waals surface area contributed by atoms with Crippen molar-refractivity contribution in [3.63, 3.8) is 0 Å². The minimum absolute atomic E-state index is 0. The standard InChI is InChI=1S/C18H22N2O2.ClH/c1-22-16(13-19)12-17(21)20-18(14-8-4-2-5-9-14)15-10-6-3-7-11-15;/h2-11,16,18H,12-13,19H2,1H3,(H,20,21);1H. The predicted molar refractivity (Wildman–Crippen MR) is 94.6 cm³/mol. The predicted octanol–water partition coefficient (Wildman–Crippen LogP) is 2.68. The van der Waals surface area contributed by atoms with Crippen LogP contribution in [0.4, 0.5) is 0 Å². The smallest absolute Gasteiger partial charge is 0.223 e. The Balaban J connectivity index is 0.00000264. The van der Waals surface area contributed by atoms with E-state index in [1.807, 2.05) is 60.7 Å². The molecule has 4 nitrogen and oxygen atoms in total. The number of ether oxygens (including phenoxy) is 1. The van der Waals surface area contributed by atoms with Gasteiger partial charge in [-0.1, -0.05) is 60.7 Å². The lowest BCUT2D eigenvalue weighted by Gasteiger charge is -2.21. The van der Waals surface area contributed by atoms with E-state index in [0.29, 0.717) is 6.54 Å². The van der Waals surface area contributed by atoms with Gasteiger partial charge in [-0.2, -0.15) is 0 Å². The van der Waals surface area contributed by atoms with Gasteiger partial charge in [0.15, 0.2) is 0 Å². The zero-order chi connectivity index (χ0) is 15.8. The molecule has 0 spiro atoms. The lowest BCUT2D eigenvalue weighted by atomic mass is 9.98. The van der Waals surface area contributed by atoms with Crippen molar-refractivity contribution in [2.45, 2.75) is 18.6 Å². The Morgan fingerprint density at radius 1 is 1.04 bits per heavy atom. The van der Waals surface area contributed by atoms with Gasteiger partial charge in [0.1, 0.15) is 0 Å². The molecular weight excluding hydrogens is 312 g/mol. The van der Waals surface area contributed by atoms with E-state index in [4.69, 9.17) is 10.5 Å². The summed E-state index contributed by atoms with van der Waals surface area (Å²) >= 11 is 0. The lowest BCUT2D eigenvalue weighted by Crippen LogP contribution is -2.34. The van der Waals surface area contributed by atoms with Crippen molar-refractivity contribution in [2.24, 2.45) is 5.73 Å². The number of hydrogen-bond donors (Lipinski definition) is 2. The first-order valence-electron chi connectivity index (χ1n) is 7.36. The third-order valence-electron chi connectivity index (χ3n) is 3.58. The van der Waals surface area contributed by atoms with Gasteiger partial charge in [-0.05, 0) is 11.1 Å². The van der Waals surface area contributed by atoms with Crippen LogP contribution < -0.4 is 11.1 Å². The summed E-state index contributed by atoms with van der Waals surface area (Å²) in [7, 11) is 1.57. The molecule has 0 aliphatic carbocycles. The third-order valence-corrected chi connectivity index (χ3v) is 3.58. The molecule has 1 atom stereocenters. The molecule has 2 aromatic rings. The Labute approximate surface area is 143 Å². The minimum atomic E-state index is -0.257. The molecule has 1 unspecified atom stereocenters. The van der Waals surface area contributed by atoms with Crippen LogP contribution in [0.3, 0.4) is 0 Å². The van der Waals surface area contributed by atoms with Crippen LogP contribution in [0.5, 0.6) is 0 Å². The van der Waals surface area contributed by atoms with E-state index in [9.17, 15) is 4.79 Å². The highest BCUT2D eigenvalue weighted by Crippen LogP contribution is 2.21. The van der Waals surface area contributed by atoms with Crippen molar-refractivity contribution in [1.82, 2.24) is 5.32 Å². The van der Waals surface area contributed by atoms with Gasteiger partial charge in [-0.25, -0.2) is 0 Å². The third kappa shape index (κ3) is 5.67. The van der Waals surface area contributed by atoms with Gasteiger partial charge >= 0.3 is 0 Å². The number of nitrogens with one attached hydrogen (secondary N) is 1. The van der Waals surface area contributed by atoms with Gasteiger partial charge in [0.25, 0.3) is 0 Å². The molecule has 0 fully saturated rings. The summed E-state index contributed by atoms with van der Waals surface area (Å²) in [4.78, 5) is 12.3. The molecule has 2 rings (SSSR count). The van der Waals surface area contributed by atoms with Crippen molar-refractivity contribution in [3.8, 4) is 0 Å². The molecule has 23 heavy (non-hydrogen) atoms. The fraction of sp³-hybridized carbons (Fsp3) is 0.278. The average Bonchev–Trinajstić information content (AvgIpc) is 2.59. The second kappa shape index (κ2) is 10.0. The van der Waals surface area contributed by atoms with Gasteiger partial charge in [-0.15, -0.1) is 12.4 Å². The molecule has 0 saturated heterocycles. The number of carbonyl (C=O) groups excluding carboxylic acids is 1. The molecule has 0 aliphatic heterocycles. The Morgan fingerprint density at radius 2 is 1.52 bits per heavy atom. The Bertz CT molecular complexity index is 535. The van der Waals surface area contributed by atoms with Crippen LogP contribution in [-0.4, -0.2) is 25.7 Å². The van der Waals surface area contributed by atoms with Crippen LogP contribution >= 0.6 is 12.4 Å². The van der Waals surface area contributed by atoms with Crippen LogP contribution in [0.1, 0.15) is 23.6 Å². The summed E-state index contributed by atoms with van der Waals surface area (Å²) in [5.41, 5.74) is 7.67. The molecule has 0 bridgehead atoms. The van der Waals surface area contributed by atoms with E-state index >= 15 is 0 Å². The number of methoxy groups -OCH3 is 1. The molecule has 0 aromatic heterocycles. The van der Waals surface area contributed by atoms with Gasteiger partial charge in [-0.3, -0.25) is 4.79 Å². The van der Waals surface area contributed by atoms with Gasteiger partial charge in [0.05, 0.1) is 18.6 Å². The van der Waals surface area contributed by atoms with Crippen molar-refractivity contribution in [1.29, 1.82) is 0 Å². The molecule has 0 saturated carbocycles. The second-order valence-electron chi connectivity index (χ2n) is 5.12. The molecule has 5 heteroatoms. The highest BCUT2D eigenvalue weighted by Gasteiger charge is 2.18. The van der Waals surface area contributed by atoms with E-state index in [1.165, 1.54) is 0 Å². The molecule has 2 aromatic carbocycles. The molecule has 1 amide bonds. The van der Waals surface area contributed by atoms with E-state index in [-0.39, 0.29) is 36.9 Å². The maximum absolute atomic E-state index is 12.3. The highest BCUT2D eigenvalue weighted by molar-refractivity contribution is 5.85. The summed E-state index contributed by atoms with van der Waals surface area (Å²) in [6.07, 6.45) is -0.00408. The van der Waals surface area contributed by atoms with Gasteiger partial charge in [0, 0.05) is 13.7 Å². The average molecular weight is 335 g/mol. The normalized spacial score (nSPS) is 11.6. The zero-order valence-corrected chi connectivity index (χ0v) is 14.0. The van der Waals surface area contributed by atoms with Crippen molar-refractivity contribution < 1.29 is 9.53 Å². The fourth-order valence-corrected chi connectivity index (χ4v) is 2.34. The van der Waals surface area contributed by atoms with Crippen LogP contribution in [0.2, 0.25) is 0 Å². The highest BCUT2D eigenvalue weighted by atomic mass is 35.5. The number of carbonyl (C=O) groups is 1. The Morgan fingerprint density at radius 3 is 1.91 bits per heavy atom. The molecule has 0 heterocycles. The number of rotatable bonds is 7. The largest absolute Gasteiger partial charge is 0.380 e. The number of amides is 1. The first-order chi connectivity index (χ1) is 10.7. The molecule has 124 valence electrons. The SMILES string of the molecule is COC(CN)CC(=O)NC(c1ccccc1)c1ccccc1.Cl. The number of halogens is 1. The summed E-state index contributed by atoms with van der Waals surface area (Å²) in [6.45, 7) is 0.325. The first-order valence-corrected chi connectivity index (χ1v) is 7.36. The summed E-state index contributed by atoms with van der Waals surface area (Å²) < 4.78 is 5.18. The van der Waals surface area contributed by atoms with E-state index < -0.39 is 0 Å². The van der Waals surface area contributed by atoms with Crippen molar-refractivity contribution in [3.05, 3.63) is 71.8 Å². The zero-order valence-electron chi connectivity index (χ0n) is 13.1. The van der Waals surface area contributed by atoms with Crippen LogP contribution in [0.15, 0.2) is 60.7 Å². The van der Waals surface area contributed by atoms with Crippen molar-refractivity contribution in [2.75, 3.05) is 13.7 Å². The lowest BCUT2D eigenvalue weighted by molar-refractivity contribution is -0.123. The Kier molecular flexibility index (Phi) is 8.33. The number of hydrogen-bond acceptors (Lipinski definition) is 3. The van der Waals surface area contributed by atoms with Crippen LogP contribution in [0.25, 0.3) is 0 Å². The molecule has 3 N–H and O–H groups in total. The fourth-order valence-electron chi connectivity index (χ4n) is 2.34. The minimum Gasteiger partial charge on any atom is -0.380 e. The maximum atomic E-state index is 12.3. The van der Waals surface area contributed by atoms with Crippen LogP contribution in [-0.2, 0) is 9.53 Å². The van der Waals surface area contributed by atoms with E-state index in [1.54, 1.807) is 7.11 Å². The first kappa shape index (κ1) is 19.2. The van der Waals surface area contributed by atoms with E-state index in [2.05, 4.69) is 5.32 Å². The summed E-state index contributed by atoms with van der Waals surface area (Å²) in [5.74, 6) is -0.0741. The second-order valence-corrected chi connectivity index (χ2v) is 5.12. The number of benzene rings is 2.